The van der Waals surface area contributed by atoms with Crippen LogP contribution in [0.15, 0.2) is 23.5 Å². The monoisotopic (exact) mass is 263 g/mol. The van der Waals surface area contributed by atoms with E-state index in [1.165, 1.54) is 19.3 Å². The van der Waals surface area contributed by atoms with Crippen molar-refractivity contribution in [3.63, 3.8) is 0 Å². The van der Waals surface area contributed by atoms with E-state index in [0.717, 1.165) is 12.8 Å². The van der Waals surface area contributed by atoms with E-state index in [-0.39, 0.29) is 11.9 Å². The molecule has 1 aromatic rings. The van der Waals surface area contributed by atoms with Crippen molar-refractivity contribution in [3.8, 4) is 5.75 Å². The molecular formula is C14H21N3O2. The van der Waals surface area contributed by atoms with Gasteiger partial charge in [-0.25, -0.2) is 4.98 Å². The van der Waals surface area contributed by atoms with Crippen molar-refractivity contribution in [3.05, 3.63) is 24.0 Å². The minimum absolute atomic E-state index is 0.0144. The van der Waals surface area contributed by atoms with Gasteiger partial charge in [0, 0.05) is 6.20 Å². The fourth-order valence-corrected chi connectivity index (χ4v) is 2.68. The quantitative estimate of drug-likeness (QED) is 0.378. The van der Waals surface area contributed by atoms with Crippen LogP contribution in [-0.4, -0.2) is 22.1 Å². The van der Waals surface area contributed by atoms with Gasteiger partial charge in [0.25, 0.3) is 0 Å². The second-order valence-corrected chi connectivity index (χ2v) is 4.94. The summed E-state index contributed by atoms with van der Waals surface area (Å²) in [5.74, 6) is 1.16. The van der Waals surface area contributed by atoms with Crippen molar-refractivity contribution >= 4 is 5.84 Å². The molecule has 0 saturated heterocycles. The molecule has 1 heterocycles. The van der Waals surface area contributed by atoms with Gasteiger partial charge in [-0.15, -0.1) is 0 Å². The summed E-state index contributed by atoms with van der Waals surface area (Å²) in [5, 5.41) is 11.8. The fraction of sp³-hybridized carbons (Fsp3) is 0.571. The van der Waals surface area contributed by atoms with Crippen molar-refractivity contribution in [2.75, 3.05) is 0 Å². The lowest BCUT2D eigenvalue weighted by Crippen LogP contribution is -2.31. The molecule has 0 aliphatic heterocycles. The Morgan fingerprint density at radius 3 is 3.05 bits per heavy atom. The number of hydrogen-bond acceptors (Lipinski definition) is 4. The Balaban J connectivity index is 2.18. The molecule has 2 rings (SSSR count). The molecule has 1 saturated carbocycles. The number of oxime groups is 1. The third-order valence-corrected chi connectivity index (χ3v) is 3.76. The van der Waals surface area contributed by atoms with Gasteiger partial charge in [0.1, 0.15) is 11.9 Å². The SMILES string of the molecule is CCC1CCCCC1Oc1cccnc1/C(N)=N/O. The lowest BCUT2D eigenvalue weighted by atomic mass is 9.85. The van der Waals surface area contributed by atoms with E-state index in [2.05, 4.69) is 17.1 Å². The molecule has 1 aromatic heterocycles. The van der Waals surface area contributed by atoms with Gasteiger partial charge in [0.2, 0.25) is 0 Å². The van der Waals surface area contributed by atoms with Crippen LogP contribution < -0.4 is 10.5 Å². The van der Waals surface area contributed by atoms with E-state index in [1.807, 2.05) is 6.07 Å². The topological polar surface area (TPSA) is 80.7 Å². The van der Waals surface area contributed by atoms with Crippen molar-refractivity contribution in [1.29, 1.82) is 0 Å². The molecular weight excluding hydrogens is 242 g/mol. The Kier molecular flexibility index (Phi) is 4.60. The highest BCUT2D eigenvalue weighted by Gasteiger charge is 2.26. The Morgan fingerprint density at radius 2 is 2.32 bits per heavy atom. The van der Waals surface area contributed by atoms with Gasteiger partial charge >= 0.3 is 0 Å². The molecule has 3 N–H and O–H groups in total. The standard InChI is InChI=1S/C14H21N3O2/c1-2-10-6-3-4-7-11(10)19-12-8-5-9-16-13(12)14(15)17-18/h5,8-11,18H,2-4,6-7H2,1H3,(H2,15,17). The maximum Gasteiger partial charge on any atom is 0.192 e. The molecule has 0 aromatic carbocycles. The first-order valence-electron chi connectivity index (χ1n) is 6.85. The molecule has 0 amide bonds. The molecule has 2 unspecified atom stereocenters. The van der Waals surface area contributed by atoms with Gasteiger partial charge in [0.15, 0.2) is 11.5 Å². The number of nitrogens with zero attached hydrogens (tertiary/aromatic N) is 2. The number of hydrogen-bond donors (Lipinski definition) is 2. The average molecular weight is 263 g/mol. The zero-order chi connectivity index (χ0) is 13.7. The van der Waals surface area contributed by atoms with Crippen molar-refractivity contribution in [1.82, 2.24) is 4.98 Å². The summed E-state index contributed by atoms with van der Waals surface area (Å²) in [7, 11) is 0. The van der Waals surface area contributed by atoms with Gasteiger partial charge < -0.3 is 15.7 Å². The molecule has 19 heavy (non-hydrogen) atoms. The predicted octanol–water partition coefficient (Wildman–Crippen LogP) is 2.52. The molecule has 0 spiro atoms. The first-order valence-corrected chi connectivity index (χ1v) is 6.85. The van der Waals surface area contributed by atoms with Crippen molar-refractivity contribution < 1.29 is 9.94 Å². The summed E-state index contributed by atoms with van der Waals surface area (Å²) < 4.78 is 6.08. The van der Waals surface area contributed by atoms with Crippen molar-refractivity contribution in [2.24, 2.45) is 16.8 Å². The largest absolute Gasteiger partial charge is 0.488 e. The number of aromatic nitrogens is 1. The normalized spacial score (nSPS) is 24.2. The summed E-state index contributed by atoms with van der Waals surface area (Å²) in [6.07, 6.45) is 7.66. The molecule has 5 nitrogen and oxygen atoms in total. The molecule has 1 aliphatic carbocycles. The highest BCUT2D eigenvalue weighted by atomic mass is 16.5. The summed E-state index contributed by atoms with van der Waals surface area (Å²) in [5.41, 5.74) is 6.03. The van der Waals surface area contributed by atoms with Gasteiger partial charge in [-0.1, -0.05) is 18.5 Å². The average Bonchev–Trinajstić information content (AvgIpc) is 2.47. The van der Waals surface area contributed by atoms with Crippen LogP contribution in [0.4, 0.5) is 0 Å². The summed E-state index contributed by atoms with van der Waals surface area (Å²) in [6.45, 7) is 2.19. The summed E-state index contributed by atoms with van der Waals surface area (Å²) in [4.78, 5) is 4.13. The smallest absolute Gasteiger partial charge is 0.192 e. The number of ether oxygens (including phenoxy) is 1. The minimum Gasteiger partial charge on any atom is -0.488 e. The van der Waals surface area contributed by atoms with Crippen LogP contribution in [0.5, 0.6) is 5.75 Å². The summed E-state index contributed by atoms with van der Waals surface area (Å²) in [6, 6.07) is 3.62. The molecule has 1 fully saturated rings. The van der Waals surface area contributed by atoms with E-state index in [9.17, 15) is 0 Å². The lowest BCUT2D eigenvalue weighted by molar-refractivity contribution is 0.0897. The second-order valence-electron chi connectivity index (χ2n) is 4.94. The van der Waals surface area contributed by atoms with Crippen LogP contribution >= 0.6 is 0 Å². The van der Waals surface area contributed by atoms with Crippen LogP contribution in [0.2, 0.25) is 0 Å². The van der Waals surface area contributed by atoms with Gasteiger partial charge in [-0.2, -0.15) is 0 Å². The van der Waals surface area contributed by atoms with E-state index < -0.39 is 0 Å². The van der Waals surface area contributed by atoms with Crippen LogP contribution in [0.3, 0.4) is 0 Å². The molecule has 0 bridgehead atoms. The number of amidine groups is 1. The third kappa shape index (κ3) is 3.16. The van der Waals surface area contributed by atoms with Crippen LogP contribution in [-0.2, 0) is 0 Å². The molecule has 0 radical (unpaired) electrons. The number of nitrogens with two attached hydrogens (primary N) is 1. The van der Waals surface area contributed by atoms with E-state index in [1.54, 1.807) is 12.3 Å². The molecule has 1 aliphatic rings. The third-order valence-electron chi connectivity index (χ3n) is 3.76. The maximum absolute atomic E-state index is 8.78. The summed E-state index contributed by atoms with van der Waals surface area (Å²) >= 11 is 0. The van der Waals surface area contributed by atoms with Crippen molar-refractivity contribution in [2.45, 2.75) is 45.1 Å². The Morgan fingerprint density at radius 1 is 1.53 bits per heavy atom. The minimum atomic E-state index is -0.0144. The van der Waals surface area contributed by atoms with E-state index in [4.69, 9.17) is 15.7 Å². The van der Waals surface area contributed by atoms with Gasteiger partial charge in [-0.05, 0) is 43.7 Å². The Labute approximate surface area is 113 Å². The zero-order valence-corrected chi connectivity index (χ0v) is 11.2. The second kappa shape index (κ2) is 6.41. The van der Waals surface area contributed by atoms with Crippen LogP contribution in [0.1, 0.15) is 44.7 Å². The van der Waals surface area contributed by atoms with E-state index >= 15 is 0 Å². The first kappa shape index (κ1) is 13.6. The molecule has 2 atom stereocenters. The van der Waals surface area contributed by atoms with E-state index in [0.29, 0.717) is 17.4 Å². The zero-order valence-electron chi connectivity index (χ0n) is 11.2. The Bertz CT molecular complexity index is 448. The van der Waals surface area contributed by atoms with Gasteiger partial charge in [-0.3, -0.25) is 0 Å². The maximum atomic E-state index is 8.78. The van der Waals surface area contributed by atoms with Gasteiger partial charge in [0.05, 0.1) is 0 Å². The highest BCUT2D eigenvalue weighted by molar-refractivity contribution is 5.97. The highest BCUT2D eigenvalue weighted by Crippen LogP contribution is 2.31. The Hall–Kier alpha value is -1.78. The van der Waals surface area contributed by atoms with Crippen LogP contribution in [0.25, 0.3) is 0 Å². The predicted molar refractivity (Wildman–Crippen MR) is 73.4 cm³/mol. The lowest BCUT2D eigenvalue weighted by Gasteiger charge is -2.31. The first-order chi connectivity index (χ1) is 9.26. The van der Waals surface area contributed by atoms with Crippen LogP contribution in [0, 0.1) is 5.92 Å². The molecule has 104 valence electrons. The number of pyridine rings is 1. The molecule has 5 heteroatoms. The fourth-order valence-electron chi connectivity index (χ4n) is 2.68. The number of rotatable bonds is 4.